The van der Waals surface area contributed by atoms with Gasteiger partial charge in [-0.1, -0.05) is 0 Å². The summed E-state index contributed by atoms with van der Waals surface area (Å²) in [5.74, 6) is 0.734. The minimum Gasteiger partial charge on any atom is -0.496 e. The molecular weight excluding hydrogens is 308 g/mol. The van der Waals surface area contributed by atoms with Gasteiger partial charge in [0.2, 0.25) is 0 Å². The van der Waals surface area contributed by atoms with Crippen molar-refractivity contribution in [3.05, 3.63) is 45.7 Å². The predicted octanol–water partition coefficient (Wildman–Crippen LogP) is 3.15. The van der Waals surface area contributed by atoms with Crippen molar-refractivity contribution in [2.75, 3.05) is 7.11 Å². The fourth-order valence-electron chi connectivity index (χ4n) is 1.90. The van der Waals surface area contributed by atoms with Crippen molar-refractivity contribution in [1.29, 1.82) is 0 Å². The molecule has 1 aromatic heterocycles. The zero-order chi connectivity index (χ0) is 14.0. The maximum absolute atomic E-state index is 12.2. The molecule has 0 bridgehead atoms. The lowest BCUT2D eigenvalue weighted by Gasteiger charge is -2.07. The largest absolute Gasteiger partial charge is 0.496 e. The van der Waals surface area contributed by atoms with E-state index in [4.69, 9.17) is 4.74 Å². The molecule has 0 aliphatic carbocycles. The van der Waals surface area contributed by atoms with E-state index in [2.05, 4.69) is 21.0 Å². The Labute approximate surface area is 120 Å². The van der Waals surface area contributed by atoms with E-state index in [0.29, 0.717) is 11.3 Å². The standard InChI is InChI=1S/C14H15BrN2O2/c1-9-6-10(2)17(16-9)8-13(18)11-4-5-14(19-3)12(15)7-11/h4-7H,8H2,1-3H3. The molecule has 5 heteroatoms. The molecule has 1 heterocycles. The van der Waals surface area contributed by atoms with Gasteiger partial charge in [-0.2, -0.15) is 5.10 Å². The number of hydrogen-bond donors (Lipinski definition) is 0. The van der Waals surface area contributed by atoms with Crippen molar-refractivity contribution in [2.24, 2.45) is 0 Å². The van der Waals surface area contributed by atoms with Crippen molar-refractivity contribution in [1.82, 2.24) is 9.78 Å². The first-order valence-electron chi connectivity index (χ1n) is 5.89. The lowest BCUT2D eigenvalue weighted by Crippen LogP contribution is -2.13. The number of methoxy groups -OCH3 is 1. The van der Waals surface area contributed by atoms with E-state index in [1.165, 1.54) is 0 Å². The summed E-state index contributed by atoms with van der Waals surface area (Å²) < 4.78 is 7.64. The monoisotopic (exact) mass is 322 g/mol. The maximum atomic E-state index is 12.2. The number of halogens is 1. The van der Waals surface area contributed by atoms with Gasteiger partial charge in [0.05, 0.1) is 17.3 Å². The van der Waals surface area contributed by atoms with E-state index >= 15 is 0 Å². The molecule has 0 saturated carbocycles. The molecule has 0 radical (unpaired) electrons. The number of ether oxygens (including phenoxy) is 1. The second-order valence-corrected chi connectivity index (χ2v) is 5.21. The lowest BCUT2D eigenvalue weighted by molar-refractivity contribution is 0.0966. The minimum atomic E-state index is 0.0227. The molecule has 0 spiro atoms. The highest BCUT2D eigenvalue weighted by atomic mass is 79.9. The molecule has 0 amide bonds. The van der Waals surface area contributed by atoms with Gasteiger partial charge in [0.15, 0.2) is 5.78 Å². The summed E-state index contributed by atoms with van der Waals surface area (Å²) in [6.45, 7) is 4.10. The number of nitrogens with zero attached hydrogens (tertiary/aromatic N) is 2. The van der Waals surface area contributed by atoms with E-state index in [-0.39, 0.29) is 12.3 Å². The second kappa shape index (κ2) is 5.57. The summed E-state index contributed by atoms with van der Waals surface area (Å²) in [6.07, 6.45) is 0. The summed E-state index contributed by atoms with van der Waals surface area (Å²) >= 11 is 3.38. The number of ketones is 1. The van der Waals surface area contributed by atoms with Crippen molar-refractivity contribution < 1.29 is 9.53 Å². The van der Waals surface area contributed by atoms with Crippen LogP contribution in [0.4, 0.5) is 0 Å². The van der Waals surface area contributed by atoms with Crippen LogP contribution in [0.1, 0.15) is 21.7 Å². The molecular formula is C14H15BrN2O2. The smallest absolute Gasteiger partial charge is 0.184 e. The van der Waals surface area contributed by atoms with E-state index in [0.717, 1.165) is 15.9 Å². The first kappa shape index (κ1) is 13.8. The van der Waals surface area contributed by atoms with Crippen LogP contribution in [0.2, 0.25) is 0 Å². The Morgan fingerprint density at radius 3 is 2.63 bits per heavy atom. The van der Waals surface area contributed by atoms with E-state index in [1.807, 2.05) is 19.9 Å². The van der Waals surface area contributed by atoms with Gasteiger partial charge < -0.3 is 4.74 Å². The van der Waals surface area contributed by atoms with Crippen LogP contribution in [-0.4, -0.2) is 22.7 Å². The minimum absolute atomic E-state index is 0.0227. The van der Waals surface area contributed by atoms with E-state index < -0.39 is 0 Å². The third kappa shape index (κ3) is 3.04. The zero-order valence-corrected chi connectivity index (χ0v) is 12.7. The molecule has 0 unspecified atom stereocenters. The summed E-state index contributed by atoms with van der Waals surface area (Å²) in [4.78, 5) is 12.2. The number of carbonyl (C=O) groups excluding carboxylic acids is 1. The highest BCUT2D eigenvalue weighted by Crippen LogP contribution is 2.25. The Hall–Kier alpha value is -1.62. The zero-order valence-electron chi connectivity index (χ0n) is 11.1. The molecule has 2 aromatic rings. The Bertz CT molecular complexity index is 620. The highest BCUT2D eigenvalue weighted by Gasteiger charge is 2.11. The number of carbonyl (C=O) groups is 1. The number of Topliss-reactive ketones (excluding diaryl/α,β-unsaturated/α-hetero) is 1. The molecule has 0 aliphatic rings. The number of aromatic nitrogens is 2. The van der Waals surface area contributed by atoms with Crippen molar-refractivity contribution in [3.8, 4) is 5.75 Å². The molecule has 1 aromatic carbocycles. The van der Waals surface area contributed by atoms with Crippen molar-refractivity contribution >= 4 is 21.7 Å². The fraction of sp³-hybridized carbons (Fsp3) is 0.286. The molecule has 0 N–H and O–H groups in total. The molecule has 2 rings (SSSR count). The summed E-state index contributed by atoms with van der Waals surface area (Å²) in [5.41, 5.74) is 2.54. The first-order chi connectivity index (χ1) is 9.01. The van der Waals surface area contributed by atoms with Crippen LogP contribution in [0.5, 0.6) is 5.75 Å². The number of hydrogen-bond acceptors (Lipinski definition) is 3. The van der Waals surface area contributed by atoms with Gasteiger partial charge in [-0.3, -0.25) is 9.48 Å². The van der Waals surface area contributed by atoms with Crippen LogP contribution in [0.3, 0.4) is 0 Å². The van der Waals surface area contributed by atoms with Gasteiger partial charge in [0.25, 0.3) is 0 Å². The van der Waals surface area contributed by atoms with Crippen LogP contribution < -0.4 is 4.74 Å². The Morgan fingerprint density at radius 2 is 2.11 bits per heavy atom. The van der Waals surface area contributed by atoms with Gasteiger partial charge in [0, 0.05) is 11.3 Å². The Kier molecular flexibility index (Phi) is 4.04. The fourth-order valence-corrected chi connectivity index (χ4v) is 2.44. The van der Waals surface area contributed by atoms with E-state index in [9.17, 15) is 4.79 Å². The molecule has 0 saturated heterocycles. The van der Waals surface area contributed by atoms with Crippen LogP contribution in [0.25, 0.3) is 0 Å². The van der Waals surface area contributed by atoms with Gasteiger partial charge in [-0.25, -0.2) is 0 Å². The predicted molar refractivity (Wildman–Crippen MR) is 76.7 cm³/mol. The van der Waals surface area contributed by atoms with E-state index in [1.54, 1.807) is 30.0 Å². The van der Waals surface area contributed by atoms with Crippen molar-refractivity contribution in [3.63, 3.8) is 0 Å². The second-order valence-electron chi connectivity index (χ2n) is 4.36. The lowest BCUT2D eigenvalue weighted by atomic mass is 10.1. The highest BCUT2D eigenvalue weighted by molar-refractivity contribution is 9.10. The maximum Gasteiger partial charge on any atom is 0.184 e. The van der Waals surface area contributed by atoms with Crippen molar-refractivity contribution in [2.45, 2.75) is 20.4 Å². The molecule has 4 nitrogen and oxygen atoms in total. The average molecular weight is 323 g/mol. The summed E-state index contributed by atoms with van der Waals surface area (Å²) in [7, 11) is 1.59. The molecule has 19 heavy (non-hydrogen) atoms. The van der Waals surface area contributed by atoms with Gasteiger partial charge >= 0.3 is 0 Å². The Morgan fingerprint density at radius 1 is 1.37 bits per heavy atom. The SMILES string of the molecule is COc1ccc(C(=O)Cn2nc(C)cc2C)cc1Br. The Balaban J connectivity index is 2.20. The number of benzene rings is 1. The number of aryl methyl sites for hydroxylation is 2. The average Bonchev–Trinajstić information content (AvgIpc) is 2.67. The van der Waals surface area contributed by atoms with Crippen LogP contribution in [0.15, 0.2) is 28.7 Å². The summed E-state index contributed by atoms with van der Waals surface area (Å²) in [6, 6.07) is 7.26. The van der Waals surface area contributed by atoms with Crippen LogP contribution in [0, 0.1) is 13.8 Å². The van der Waals surface area contributed by atoms with Crippen LogP contribution in [-0.2, 0) is 6.54 Å². The molecule has 0 fully saturated rings. The van der Waals surface area contributed by atoms with Gasteiger partial charge in [-0.05, 0) is 54.0 Å². The molecule has 0 atom stereocenters. The third-order valence-electron chi connectivity index (χ3n) is 2.87. The quantitative estimate of drug-likeness (QED) is 0.812. The third-order valence-corrected chi connectivity index (χ3v) is 3.49. The van der Waals surface area contributed by atoms with Gasteiger partial charge in [0.1, 0.15) is 12.3 Å². The van der Waals surface area contributed by atoms with Crippen LogP contribution >= 0.6 is 15.9 Å². The normalized spacial score (nSPS) is 10.5. The topological polar surface area (TPSA) is 44.1 Å². The molecule has 0 aliphatic heterocycles. The molecule has 100 valence electrons. The number of rotatable bonds is 4. The first-order valence-corrected chi connectivity index (χ1v) is 6.68. The summed E-state index contributed by atoms with van der Waals surface area (Å²) in [5, 5.41) is 4.29. The van der Waals surface area contributed by atoms with Gasteiger partial charge in [-0.15, -0.1) is 0 Å².